The molecule has 1 fully saturated rings. The van der Waals surface area contributed by atoms with E-state index < -0.39 is 9.84 Å². The maximum atomic E-state index is 12.9. The third kappa shape index (κ3) is 3.14. The van der Waals surface area contributed by atoms with Gasteiger partial charge >= 0.3 is 0 Å². The topological polar surface area (TPSA) is 91.0 Å². The minimum absolute atomic E-state index is 0.0924. The van der Waals surface area contributed by atoms with E-state index >= 15 is 0 Å². The van der Waals surface area contributed by atoms with Crippen LogP contribution < -0.4 is 5.56 Å². The molecule has 142 valence electrons. The zero-order valence-corrected chi connectivity index (χ0v) is 16.6. The summed E-state index contributed by atoms with van der Waals surface area (Å²) in [6, 6.07) is 3.36. The molecular weight excluding hydrogens is 386 g/mol. The number of aromatic nitrogens is 3. The van der Waals surface area contributed by atoms with E-state index in [9.17, 15) is 18.0 Å². The Bertz CT molecular complexity index is 1220. The molecule has 0 aliphatic carbocycles. The Morgan fingerprint density at radius 3 is 2.85 bits per heavy atom. The molecule has 4 rings (SSSR count). The van der Waals surface area contributed by atoms with Crippen molar-refractivity contribution in [3.63, 3.8) is 0 Å². The molecule has 27 heavy (non-hydrogen) atoms. The number of hydrogen-bond donors (Lipinski definition) is 0. The molecule has 9 heteroatoms. The van der Waals surface area contributed by atoms with Crippen molar-refractivity contribution in [1.82, 2.24) is 14.1 Å². The van der Waals surface area contributed by atoms with E-state index in [4.69, 9.17) is 0 Å². The van der Waals surface area contributed by atoms with Crippen LogP contribution in [0.3, 0.4) is 0 Å². The molecule has 0 amide bonds. The Morgan fingerprint density at radius 1 is 1.37 bits per heavy atom. The number of hydrogen-bond acceptors (Lipinski definition) is 6. The number of carbonyl (C=O) groups excluding carboxylic acids is 1. The molecule has 1 aliphatic rings. The SMILES string of the molecule is Cc1cc(C(=O)Cn2cnc3sccc3c2=O)c(C)n1C1CCS(=O)(=O)C1. The molecule has 0 bridgehead atoms. The third-order valence-corrected chi connectivity index (χ3v) is 7.69. The Morgan fingerprint density at radius 2 is 2.15 bits per heavy atom. The van der Waals surface area contributed by atoms with Crippen molar-refractivity contribution in [1.29, 1.82) is 0 Å². The highest BCUT2D eigenvalue weighted by Crippen LogP contribution is 2.29. The van der Waals surface area contributed by atoms with Gasteiger partial charge in [-0.2, -0.15) is 0 Å². The van der Waals surface area contributed by atoms with Gasteiger partial charge in [0.2, 0.25) is 0 Å². The predicted octanol–water partition coefficient (Wildman–Crippen LogP) is 2.12. The summed E-state index contributed by atoms with van der Waals surface area (Å²) in [7, 11) is -3.02. The van der Waals surface area contributed by atoms with Crippen molar-refractivity contribution in [3.8, 4) is 0 Å². The van der Waals surface area contributed by atoms with Gasteiger partial charge in [0, 0.05) is 23.0 Å². The number of carbonyl (C=O) groups is 1. The number of aryl methyl sites for hydroxylation is 1. The molecule has 1 saturated heterocycles. The summed E-state index contributed by atoms with van der Waals surface area (Å²) in [5.74, 6) is 0.100. The maximum absolute atomic E-state index is 12.9. The van der Waals surface area contributed by atoms with Crippen LogP contribution in [0.25, 0.3) is 10.2 Å². The van der Waals surface area contributed by atoms with Gasteiger partial charge in [0.05, 0.1) is 29.8 Å². The molecule has 3 aromatic rings. The number of thiophene rings is 1. The standard InChI is InChI=1S/C18H19N3O4S2/c1-11-7-15(12(2)21(11)13-4-6-27(24,25)9-13)16(22)8-20-10-19-17-14(18(20)23)3-5-26-17/h3,5,7,10,13H,4,6,8-9H2,1-2H3. The van der Waals surface area contributed by atoms with Crippen LogP contribution in [0.4, 0.5) is 0 Å². The fourth-order valence-corrected chi connectivity index (χ4v) is 6.27. The number of rotatable bonds is 4. The van der Waals surface area contributed by atoms with Gasteiger partial charge in [0.15, 0.2) is 15.6 Å². The second-order valence-electron chi connectivity index (χ2n) is 6.95. The first-order valence-electron chi connectivity index (χ1n) is 8.61. The van der Waals surface area contributed by atoms with Gasteiger partial charge in [-0.05, 0) is 37.8 Å². The number of sulfone groups is 1. The van der Waals surface area contributed by atoms with Crippen molar-refractivity contribution in [2.45, 2.75) is 32.9 Å². The molecular formula is C18H19N3O4S2. The summed E-state index contributed by atoms with van der Waals surface area (Å²) >= 11 is 1.39. The van der Waals surface area contributed by atoms with E-state index in [1.54, 1.807) is 17.5 Å². The molecule has 4 heterocycles. The Kier molecular flexibility index (Phi) is 4.31. The van der Waals surface area contributed by atoms with Crippen molar-refractivity contribution >= 4 is 37.2 Å². The Hall–Kier alpha value is -2.26. The fraction of sp³-hybridized carbons (Fsp3) is 0.389. The second kappa shape index (κ2) is 6.42. The molecule has 1 unspecified atom stereocenters. The largest absolute Gasteiger partial charge is 0.344 e. The molecule has 0 N–H and O–H groups in total. The molecule has 1 atom stereocenters. The van der Waals surface area contributed by atoms with Gasteiger partial charge < -0.3 is 4.57 Å². The normalized spacial score (nSPS) is 19.0. The van der Waals surface area contributed by atoms with E-state index in [1.165, 1.54) is 22.2 Å². The summed E-state index contributed by atoms with van der Waals surface area (Å²) in [6.07, 6.45) is 1.96. The van der Waals surface area contributed by atoms with Crippen molar-refractivity contribution in [2.24, 2.45) is 0 Å². The summed E-state index contributed by atoms with van der Waals surface area (Å²) < 4.78 is 26.9. The predicted molar refractivity (Wildman–Crippen MR) is 104 cm³/mol. The minimum Gasteiger partial charge on any atom is -0.344 e. The molecule has 0 aromatic carbocycles. The third-order valence-electron chi connectivity index (χ3n) is 5.12. The first kappa shape index (κ1) is 18.1. The van der Waals surface area contributed by atoms with Gasteiger partial charge in [0.25, 0.3) is 5.56 Å². The average Bonchev–Trinajstić information content (AvgIpc) is 3.28. The lowest BCUT2D eigenvalue weighted by Gasteiger charge is -2.16. The smallest absolute Gasteiger partial charge is 0.262 e. The number of nitrogens with zero attached hydrogens (tertiary/aromatic N) is 3. The van der Waals surface area contributed by atoms with Gasteiger partial charge in [-0.1, -0.05) is 0 Å². The van der Waals surface area contributed by atoms with E-state index in [0.29, 0.717) is 22.2 Å². The van der Waals surface area contributed by atoms with E-state index in [0.717, 1.165) is 11.4 Å². The summed E-state index contributed by atoms with van der Waals surface area (Å²) in [5, 5.41) is 2.31. The first-order valence-corrected chi connectivity index (χ1v) is 11.3. The fourth-order valence-electron chi connectivity index (χ4n) is 3.85. The quantitative estimate of drug-likeness (QED) is 0.620. The molecule has 0 spiro atoms. The van der Waals surface area contributed by atoms with Gasteiger partial charge in [-0.3, -0.25) is 14.2 Å². The van der Waals surface area contributed by atoms with Crippen LogP contribution in [-0.2, 0) is 16.4 Å². The molecule has 0 radical (unpaired) electrons. The van der Waals surface area contributed by atoms with Crippen LogP contribution >= 0.6 is 11.3 Å². The van der Waals surface area contributed by atoms with Gasteiger partial charge in [-0.15, -0.1) is 11.3 Å². The van der Waals surface area contributed by atoms with E-state index in [-0.39, 0.29) is 35.4 Å². The number of ketones is 1. The zero-order valence-electron chi connectivity index (χ0n) is 15.0. The van der Waals surface area contributed by atoms with Gasteiger partial charge in [0.1, 0.15) is 4.83 Å². The van der Waals surface area contributed by atoms with Crippen LogP contribution in [0.2, 0.25) is 0 Å². The highest BCUT2D eigenvalue weighted by atomic mass is 32.2. The maximum Gasteiger partial charge on any atom is 0.262 e. The van der Waals surface area contributed by atoms with Crippen LogP contribution in [0.1, 0.15) is 34.2 Å². The van der Waals surface area contributed by atoms with E-state index in [2.05, 4.69) is 4.98 Å². The zero-order chi connectivity index (χ0) is 19.3. The van der Waals surface area contributed by atoms with Crippen molar-refractivity contribution < 1.29 is 13.2 Å². The number of fused-ring (bicyclic) bond motifs is 1. The van der Waals surface area contributed by atoms with Crippen LogP contribution in [0.15, 0.2) is 28.6 Å². The molecule has 3 aromatic heterocycles. The lowest BCUT2D eigenvalue weighted by Crippen LogP contribution is -2.24. The van der Waals surface area contributed by atoms with Crippen LogP contribution in [-0.4, -0.2) is 39.8 Å². The highest BCUT2D eigenvalue weighted by molar-refractivity contribution is 7.91. The Balaban J connectivity index is 1.65. The minimum atomic E-state index is -3.02. The van der Waals surface area contributed by atoms with Crippen LogP contribution in [0.5, 0.6) is 0 Å². The van der Waals surface area contributed by atoms with Crippen molar-refractivity contribution in [2.75, 3.05) is 11.5 Å². The first-order chi connectivity index (χ1) is 12.8. The lowest BCUT2D eigenvalue weighted by molar-refractivity contribution is 0.0970. The summed E-state index contributed by atoms with van der Waals surface area (Å²) in [4.78, 5) is 30.2. The molecule has 1 aliphatic heterocycles. The van der Waals surface area contributed by atoms with Gasteiger partial charge in [-0.25, -0.2) is 13.4 Å². The summed E-state index contributed by atoms with van der Waals surface area (Å²) in [6.45, 7) is 3.61. The molecule has 7 nitrogen and oxygen atoms in total. The molecule has 0 saturated carbocycles. The van der Waals surface area contributed by atoms with Crippen LogP contribution in [0, 0.1) is 13.8 Å². The van der Waals surface area contributed by atoms with Crippen molar-refractivity contribution in [3.05, 3.63) is 51.1 Å². The average molecular weight is 406 g/mol. The monoisotopic (exact) mass is 405 g/mol. The highest BCUT2D eigenvalue weighted by Gasteiger charge is 2.31. The lowest BCUT2D eigenvalue weighted by atomic mass is 10.1. The second-order valence-corrected chi connectivity index (χ2v) is 10.1. The Labute approximate surface area is 160 Å². The van der Waals surface area contributed by atoms with E-state index in [1.807, 2.05) is 18.4 Å². The summed E-state index contributed by atoms with van der Waals surface area (Å²) in [5.41, 5.74) is 1.90. The number of Topliss-reactive ketones (excluding diaryl/α,β-unsaturated/α-hetero) is 1.